The van der Waals surface area contributed by atoms with Crippen LogP contribution < -0.4 is 4.74 Å². The monoisotopic (exact) mass is 355 g/mol. The highest BCUT2D eigenvalue weighted by Crippen LogP contribution is 2.23. The number of carbonyl (C=O) groups is 1. The highest BCUT2D eigenvalue weighted by atomic mass is 35.5. The molecule has 0 N–H and O–H groups in total. The molecule has 0 spiro atoms. The summed E-state index contributed by atoms with van der Waals surface area (Å²) in [5.74, 6) is 0.579. The van der Waals surface area contributed by atoms with Gasteiger partial charge in [0.05, 0.1) is 6.61 Å². The SMILES string of the molecule is CCCCOc1ccc(C2=NC(=Cc3ccccc3Cl)C(=O)O2)cc1. The largest absolute Gasteiger partial charge is 0.494 e. The van der Waals surface area contributed by atoms with E-state index in [1.54, 1.807) is 12.1 Å². The summed E-state index contributed by atoms with van der Waals surface area (Å²) in [7, 11) is 0. The van der Waals surface area contributed by atoms with E-state index in [1.807, 2.05) is 42.5 Å². The molecule has 2 aromatic rings. The number of hydrogen-bond acceptors (Lipinski definition) is 4. The Morgan fingerprint density at radius 2 is 1.92 bits per heavy atom. The Labute approximate surface area is 151 Å². The first-order chi connectivity index (χ1) is 12.2. The molecular weight excluding hydrogens is 338 g/mol. The van der Waals surface area contributed by atoms with Crippen LogP contribution in [-0.2, 0) is 9.53 Å². The number of halogens is 1. The number of esters is 1. The van der Waals surface area contributed by atoms with Gasteiger partial charge in [-0.3, -0.25) is 0 Å². The van der Waals surface area contributed by atoms with E-state index in [4.69, 9.17) is 21.1 Å². The van der Waals surface area contributed by atoms with Crippen molar-refractivity contribution in [1.29, 1.82) is 0 Å². The van der Waals surface area contributed by atoms with Crippen LogP contribution in [0.1, 0.15) is 30.9 Å². The first-order valence-corrected chi connectivity index (χ1v) is 8.55. The normalized spacial score (nSPS) is 15.2. The molecule has 0 radical (unpaired) electrons. The van der Waals surface area contributed by atoms with Crippen LogP contribution in [0.5, 0.6) is 5.75 Å². The first kappa shape index (κ1) is 17.2. The summed E-state index contributed by atoms with van der Waals surface area (Å²) in [6.07, 6.45) is 3.73. The lowest BCUT2D eigenvalue weighted by atomic mass is 10.2. The van der Waals surface area contributed by atoms with Crippen LogP contribution in [0.25, 0.3) is 6.08 Å². The number of unbranched alkanes of at least 4 members (excludes halogenated alkanes) is 1. The third-order valence-electron chi connectivity index (χ3n) is 3.69. The van der Waals surface area contributed by atoms with E-state index in [0.717, 1.165) is 29.7 Å². The summed E-state index contributed by atoms with van der Waals surface area (Å²) in [6, 6.07) is 14.6. The Balaban J connectivity index is 1.77. The van der Waals surface area contributed by atoms with Crippen molar-refractivity contribution in [1.82, 2.24) is 0 Å². The fourth-order valence-corrected chi connectivity index (χ4v) is 2.49. The minimum Gasteiger partial charge on any atom is -0.494 e. The van der Waals surface area contributed by atoms with Crippen molar-refractivity contribution >= 4 is 29.5 Å². The standard InChI is InChI=1S/C20H18ClNO3/c1-2-3-12-24-16-10-8-14(9-11-16)19-22-18(20(23)25-19)13-15-6-4-5-7-17(15)21/h4-11,13H,2-3,12H2,1H3. The zero-order valence-corrected chi connectivity index (χ0v) is 14.6. The third-order valence-corrected chi connectivity index (χ3v) is 4.03. The Hall–Kier alpha value is -2.59. The van der Waals surface area contributed by atoms with Gasteiger partial charge in [0.25, 0.3) is 0 Å². The van der Waals surface area contributed by atoms with Crippen molar-refractivity contribution < 1.29 is 14.3 Å². The maximum atomic E-state index is 12.0. The van der Waals surface area contributed by atoms with Gasteiger partial charge in [-0.2, -0.15) is 0 Å². The van der Waals surface area contributed by atoms with Crippen molar-refractivity contribution in [3.05, 3.63) is 70.4 Å². The van der Waals surface area contributed by atoms with E-state index >= 15 is 0 Å². The quantitative estimate of drug-likeness (QED) is 0.422. The van der Waals surface area contributed by atoms with Crippen molar-refractivity contribution in [2.45, 2.75) is 19.8 Å². The minimum atomic E-state index is -0.488. The predicted octanol–water partition coefficient (Wildman–Crippen LogP) is 4.86. The Kier molecular flexibility index (Phi) is 5.51. The Morgan fingerprint density at radius 1 is 1.16 bits per heavy atom. The van der Waals surface area contributed by atoms with Gasteiger partial charge in [0.1, 0.15) is 5.75 Å². The molecule has 4 nitrogen and oxygen atoms in total. The highest BCUT2D eigenvalue weighted by Gasteiger charge is 2.24. The summed E-state index contributed by atoms with van der Waals surface area (Å²) in [6.45, 7) is 2.81. The fraction of sp³-hybridized carbons (Fsp3) is 0.200. The number of aliphatic imine (C=N–C) groups is 1. The lowest BCUT2D eigenvalue weighted by Gasteiger charge is -2.05. The molecule has 2 aromatic carbocycles. The number of hydrogen-bond donors (Lipinski definition) is 0. The molecule has 1 aliphatic rings. The van der Waals surface area contributed by atoms with Gasteiger partial charge in [-0.1, -0.05) is 43.1 Å². The van der Waals surface area contributed by atoms with E-state index in [-0.39, 0.29) is 11.6 Å². The lowest BCUT2D eigenvalue weighted by Crippen LogP contribution is -2.05. The minimum absolute atomic E-state index is 0.228. The second kappa shape index (κ2) is 7.99. The highest BCUT2D eigenvalue weighted by molar-refractivity contribution is 6.32. The average Bonchev–Trinajstić information content (AvgIpc) is 2.98. The number of benzene rings is 2. The lowest BCUT2D eigenvalue weighted by molar-refractivity contribution is -0.129. The van der Waals surface area contributed by atoms with Gasteiger partial charge in [-0.25, -0.2) is 9.79 Å². The van der Waals surface area contributed by atoms with Crippen LogP contribution in [0.2, 0.25) is 5.02 Å². The smallest absolute Gasteiger partial charge is 0.363 e. The molecule has 0 aliphatic carbocycles. The molecule has 0 aromatic heterocycles. The van der Waals surface area contributed by atoms with Crippen LogP contribution >= 0.6 is 11.6 Å². The molecule has 0 atom stereocenters. The maximum Gasteiger partial charge on any atom is 0.363 e. The number of carbonyl (C=O) groups excluding carboxylic acids is 1. The van der Waals surface area contributed by atoms with Crippen LogP contribution in [0, 0.1) is 0 Å². The summed E-state index contributed by atoms with van der Waals surface area (Å²) in [5, 5.41) is 0.556. The Bertz CT molecular complexity index is 825. The van der Waals surface area contributed by atoms with Crippen LogP contribution in [-0.4, -0.2) is 18.5 Å². The van der Waals surface area contributed by atoms with E-state index in [1.165, 1.54) is 0 Å². The maximum absolute atomic E-state index is 12.0. The molecule has 0 fully saturated rings. The second-order valence-electron chi connectivity index (χ2n) is 5.58. The number of rotatable bonds is 6. The van der Waals surface area contributed by atoms with Gasteiger partial charge in [-0.15, -0.1) is 0 Å². The molecule has 5 heteroatoms. The first-order valence-electron chi connectivity index (χ1n) is 8.17. The topological polar surface area (TPSA) is 47.9 Å². The molecule has 3 rings (SSSR count). The van der Waals surface area contributed by atoms with Crippen LogP contribution in [0.4, 0.5) is 0 Å². The van der Waals surface area contributed by atoms with Gasteiger partial charge < -0.3 is 9.47 Å². The van der Waals surface area contributed by atoms with E-state index < -0.39 is 5.97 Å². The zero-order valence-electron chi connectivity index (χ0n) is 13.9. The van der Waals surface area contributed by atoms with Crippen molar-refractivity contribution in [3.63, 3.8) is 0 Å². The molecule has 0 saturated carbocycles. The van der Waals surface area contributed by atoms with Crippen LogP contribution in [0.15, 0.2) is 59.2 Å². The van der Waals surface area contributed by atoms with Crippen molar-refractivity contribution in [2.24, 2.45) is 4.99 Å². The van der Waals surface area contributed by atoms with Crippen molar-refractivity contribution in [3.8, 4) is 5.75 Å². The number of nitrogens with zero attached hydrogens (tertiary/aromatic N) is 1. The molecule has 25 heavy (non-hydrogen) atoms. The molecule has 1 heterocycles. The molecule has 0 saturated heterocycles. The second-order valence-corrected chi connectivity index (χ2v) is 5.99. The van der Waals surface area contributed by atoms with E-state index in [2.05, 4.69) is 11.9 Å². The summed E-state index contributed by atoms with van der Waals surface area (Å²) < 4.78 is 10.9. The van der Waals surface area contributed by atoms with Crippen LogP contribution in [0.3, 0.4) is 0 Å². The molecule has 1 aliphatic heterocycles. The molecule has 128 valence electrons. The van der Waals surface area contributed by atoms with Crippen molar-refractivity contribution in [2.75, 3.05) is 6.61 Å². The summed E-state index contributed by atoms with van der Waals surface area (Å²) in [5.41, 5.74) is 1.67. The summed E-state index contributed by atoms with van der Waals surface area (Å²) in [4.78, 5) is 16.3. The van der Waals surface area contributed by atoms with Gasteiger partial charge >= 0.3 is 5.97 Å². The van der Waals surface area contributed by atoms with E-state index in [0.29, 0.717) is 11.6 Å². The fourth-order valence-electron chi connectivity index (χ4n) is 2.30. The predicted molar refractivity (Wildman–Crippen MR) is 98.9 cm³/mol. The zero-order chi connectivity index (χ0) is 17.6. The van der Waals surface area contributed by atoms with E-state index in [9.17, 15) is 4.79 Å². The average molecular weight is 356 g/mol. The molecular formula is C20H18ClNO3. The Morgan fingerprint density at radius 3 is 2.64 bits per heavy atom. The summed E-state index contributed by atoms with van der Waals surface area (Å²) >= 11 is 6.11. The molecule has 0 unspecified atom stereocenters. The number of cyclic esters (lactones) is 1. The third kappa shape index (κ3) is 4.28. The molecule has 0 amide bonds. The molecule has 0 bridgehead atoms. The van der Waals surface area contributed by atoms with Gasteiger partial charge in [-0.05, 0) is 48.4 Å². The van der Waals surface area contributed by atoms with Gasteiger partial charge in [0, 0.05) is 10.6 Å². The number of ether oxygens (including phenoxy) is 2. The van der Waals surface area contributed by atoms with Gasteiger partial charge in [0.2, 0.25) is 5.90 Å². The van der Waals surface area contributed by atoms with Gasteiger partial charge in [0.15, 0.2) is 5.70 Å².